The van der Waals surface area contributed by atoms with Gasteiger partial charge in [0, 0.05) is 45.0 Å². The number of anilines is 2. The van der Waals surface area contributed by atoms with Crippen LogP contribution in [-0.4, -0.2) is 53.0 Å². The number of hydrogen-bond acceptors (Lipinski definition) is 7. The fourth-order valence-corrected chi connectivity index (χ4v) is 3.87. The minimum atomic E-state index is 0.218. The van der Waals surface area contributed by atoms with Gasteiger partial charge in [-0.05, 0) is 30.6 Å². The van der Waals surface area contributed by atoms with E-state index in [4.69, 9.17) is 16.9 Å². The van der Waals surface area contributed by atoms with Gasteiger partial charge in [0.15, 0.2) is 5.15 Å². The van der Waals surface area contributed by atoms with Gasteiger partial charge in [-0.3, -0.25) is 4.90 Å². The van der Waals surface area contributed by atoms with E-state index in [9.17, 15) is 0 Å². The van der Waals surface area contributed by atoms with Crippen molar-refractivity contribution in [2.75, 3.05) is 42.9 Å². The summed E-state index contributed by atoms with van der Waals surface area (Å²) in [6.45, 7) is 6.96. The summed E-state index contributed by atoms with van der Waals surface area (Å²) in [6.07, 6.45) is 1.83. The highest BCUT2D eigenvalue weighted by Gasteiger charge is 2.20. The molecule has 0 aliphatic carbocycles. The second-order valence-electron chi connectivity index (χ2n) is 5.81. The summed E-state index contributed by atoms with van der Waals surface area (Å²) >= 11 is 7.15. The standard InChI is InChI=1S/C16H19ClN6S/c1-12(20-16-13(10-18)15(17)21-24-16)11-22-6-8-23(9-7-22)14-4-2-3-5-19-14/h2-5,12,20H,6-9,11H2,1H3. The van der Waals surface area contributed by atoms with Gasteiger partial charge in [-0.1, -0.05) is 17.7 Å². The number of rotatable bonds is 5. The van der Waals surface area contributed by atoms with E-state index in [-0.39, 0.29) is 11.2 Å². The number of nitrogens with zero attached hydrogens (tertiary/aromatic N) is 5. The van der Waals surface area contributed by atoms with Crippen molar-refractivity contribution in [2.24, 2.45) is 0 Å². The van der Waals surface area contributed by atoms with Crippen LogP contribution in [0, 0.1) is 11.3 Å². The molecule has 1 fully saturated rings. The van der Waals surface area contributed by atoms with Crippen LogP contribution in [0.5, 0.6) is 0 Å². The van der Waals surface area contributed by atoms with Gasteiger partial charge in [0.2, 0.25) is 0 Å². The summed E-state index contributed by atoms with van der Waals surface area (Å²) < 4.78 is 4.03. The van der Waals surface area contributed by atoms with Crippen LogP contribution in [0.15, 0.2) is 24.4 Å². The lowest BCUT2D eigenvalue weighted by Crippen LogP contribution is -2.49. The van der Waals surface area contributed by atoms with Crippen LogP contribution in [0.25, 0.3) is 0 Å². The maximum Gasteiger partial charge on any atom is 0.162 e. The van der Waals surface area contributed by atoms with Crippen LogP contribution in [0.1, 0.15) is 12.5 Å². The van der Waals surface area contributed by atoms with E-state index >= 15 is 0 Å². The Morgan fingerprint density at radius 3 is 2.83 bits per heavy atom. The number of pyridine rings is 1. The van der Waals surface area contributed by atoms with Crippen LogP contribution < -0.4 is 10.2 Å². The summed E-state index contributed by atoms with van der Waals surface area (Å²) in [5.74, 6) is 1.04. The highest BCUT2D eigenvalue weighted by Crippen LogP contribution is 2.28. The van der Waals surface area contributed by atoms with Crippen molar-refractivity contribution in [3.63, 3.8) is 0 Å². The SMILES string of the molecule is CC(CN1CCN(c2ccccn2)CC1)Nc1snc(Cl)c1C#N. The highest BCUT2D eigenvalue weighted by molar-refractivity contribution is 7.10. The second kappa shape index (κ2) is 7.79. The molecule has 0 spiro atoms. The van der Waals surface area contributed by atoms with E-state index in [2.05, 4.69) is 43.5 Å². The van der Waals surface area contributed by atoms with Gasteiger partial charge in [0.25, 0.3) is 0 Å². The first-order chi connectivity index (χ1) is 11.7. The molecular formula is C16H19ClN6S. The molecule has 126 valence electrons. The first kappa shape index (κ1) is 17.0. The van der Waals surface area contributed by atoms with E-state index in [0.717, 1.165) is 43.5 Å². The van der Waals surface area contributed by atoms with Crippen LogP contribution in [0.3, 0.4) is 0 Å². The number of hydrogen-bond donors (Lipinski definition) is 1. The Balaban J connectivity index is 1.50. The van der Waals surface area contributed by atoms with Crippen LogP contribution in [0.4, 0.5) is 10.8 Å². The third kappa shape index (κ3) is 3.96. The number of nitrogens with one attached hydrogen (secondary N) is 1. The molecular weight excluding hydrogens is 344 g/mol. The third-order valence-corrected chi connectivity index (χ3v) is 5.17. The fourth-order valence-electron chi connectivity index (χ4n) is 2.82. The highest BCUT2D eigenvalue weighted by atomic mass is 35.5. The average Bonchev–Trinajstić information content (AvgIpc) is 2.95. The van der Waals surface area contributed by atoms with Gasteiger partial charge in [0.05, 0.1) is 0 Å². The van der Waals surface area contributed by atoms with Crippen molar-refractivity contribution in [2.45, 2.75) is 13.0 Å². The zero-order valence-corrected chi connectivity index (χ0v) is 15.0. The van der Waals surface area contributed by atoms with Gasteiger partial charge in [-0.15, -0.1) is 0 Å². The average molecular weight is 363 g/mol. The molecule has 0 radical (unpaired) electrons. The Morgan fingerprint density at radius 2 is 2.17 bits per heavy atom. The number of halogens is 1. The van der Waals surface area contributed by atoms with Crippen LogP contribution in [0.2, 0.25) is 5.15 Å². The predicted octanol–water partition coefficient (Wildman–Crippen LogP) is 2.69. The molecule has 0 aromatic carbocycles. The largest absolute Gasteiger partial charge is 0.371 e. The summed E-state index contributed by atoms with van der Waals surface area (Å²) in [5, 5.41) is 13.5. The normalized spacial score (nSPS) is 16.6. The number of nitriles is 1. The van der Waals surface area contributed by atoms with Gasteiger partial charge in [-0.25, -0.2) is 4.98 Å². The second-order valence-corrected chi connectivity index (χ2v) is 6.94. The van der Waals surface area contributed by atoms with E-state index in [1.165, 1.54) is 11.5 Å². The first-order valence-electron chi connectivity index (χ1n) is 7.87. The lowest BCUT2D eigenvalue weighted by Gasteiger charge is -2.36. The van der Waals surface area contributed by atoms with Crippen LogP contribution in [-0.2, 0) is 0 Å². The summed E-state index contributed by atoms with van der Waals surface area (Å²) in [5.41, 5.74) is 0.438. The minimum Gasteiger partial charge on any atom is -0.371 e. The van der Waals surface area contributed by atoms with Crippen LogP contribution >= 0.6 is 23.1 Å². The smallest absolute Gasteiger partial charge is 0.162 e. The summed E-state index contributed by atoms with van der Waals surface area (Å²) in [4.78, 5) is 9.15. The minimum absolute atomic E-state index is 0.218. The Labute approximate surface area is 150 Å². The van der Waals surface area contributed by atoms with E-state index in [0.29, 0.717) is 5.56 Å². The van der Waals surface area contributed by atoms with Crippen molar-refractivity contribution in [1.29, 1.82) is 5.26 Å². The predicted molar refractivity (Wildman–Crippen MR) is 97.8 cm³/mol. The molecule has 3 rings (SSSR count). The molecule has 1 atom stereocenters. The Morgan fingerprint density at radius 1 is 1.38 bits per heavy atom. The van der Waals surface area contributed by atoms with Crippen molar-refractivity contribution in [3.05, 3.63) is 35.1 Å². The molecule has 3 heterocycles. The monoisotopic (exact) mass is 362 g/mol. The van der Waals surface area contributed by atoms with Gasteiger partial charge < -0.3 is 10.2 Å². The van der Waals surface area contributed by atoms with E-state index < -0.39 is 0 Å². The Bertz CT molecular complexity index is 705. The zero-order valence-electron chi connectivity index (χ0n) is 13.4. The molecule has 6 nitrogen and oxygen atoms in total. The summed E-state index contributed by atoms with van der Waals surface area (Å²) in [6, 6.07) is 8.33. The van der Waals surface area contributed by atoms with Gasteiger partial charge >= 0.3 is 0 Å². The molecule has 1 aliphatic heterocycles. The molecule has 2 aromatic rings. The fraction of sp³-hybridized carbons (Fsp3) is 0.438. The Kier molecular flexibility index (Phi) is 5.51. The lowest BCUT2D eigenvalue weighted by molar-refractivity contribution is 0.250. The van der Waals surface area contributed by atoms with Crippen molar-refractivity contribution >= 4 is 34.0 Å². The van der Waals surface area contributed by atoms with Crippen molar-refractivity contribution < 1.29 is 0 Å². The molecule has 0 amide bonds. The molecule has 1 unspecified atom stereocenters. The van der Waals surface area contributed by atoms with Crippen molar-refractivity contribution in [3.8, 4) is 6.07 Å². The quantitative estimate of drug-likeness (QED) is 0.882. The maximum atomic E-state index is 9.13. The molecule has 24 heavy (non-hydrogen) atoms. The molecule has 8 heteroatoms. The zero-order chi connectivity index (χ0) is 16.9. The maximum absolute atomic E-state index is 9.13. The van der Waals surface area contributed by atoms with Gasteiger partial charge in [0.1, 0.15) is 22.5 Å². The number of piperazine rings is 1. The topological polar surface area (TPSA) is 68.1 Å². The van der Waals surface area contributed by atoms with Gasteiger partial charge in [-0.2, -0.15) is 9.64 Å². The van der Waals surface area contributed by atoms with Crippen molar-refractivity contribution in [1.82, 2.24) is 14.3 Å². The lowest BCUT2D eigenvalue weighted by atomic mass is 10.2. The van der Waals surface area contributed by atoms with E-state index in [1.807, 2.05) is 18.3 Å². The first-order valence-corrected chi connectivity index (χ1v) is 9.02. The Hall–Kier alpha value is -1.88. The molecule has 1 N–H and O–H groups in total. The number of aromatic nitrogens is 2. The van der Waals surface area contributed by atoms with E-state index in [1.54, 1.807) is 0 Å². The molecule has 0 saturated carbocycles. The summed E-state index contributed by atoms with van der Waals surface area (Å²) in [7, 11) is 0. The molecule has 1 saturated heterocycles. The molecule has 2 aromatic heterocycles. The molecule has 1 aliphatic rings. The molecule has 0 bridgehead atoms. The third-order valence-electron chi connectivity index (χ3n) is 4.02.